The van der Waals surface area contributed by atoms with Gasteiger partial charge in [0.05, 0.1) is 5.92 Å². The number of hydrogen-bond donors (Lipinski definition) is 2. The molecule has 1 aromatic rings. The number of hydrogen-bond acceptors (Lipinski definition) is 2. The quantitative estimate of drug-likeness (QED) is 0.881. The average molecular weight is 272 g/mol. The lowest BCUT2D eigenvalue weighted by Crippen LogP contribution is -2.45. The van der Waals surface area contributed by atoms with Crippen molar-refractivity contribution in [2.24, 2.45) is 23.5 Å². The molecule has 4 atom stereocenters. The van der Waals surface area contributed by atoms with Crippen molar-refractivity contribution in [2.45, 2.75) is 38.6 Å². The van der Waals surface area contributed by atoms with Crippen molar-refractivity contribution in [3.05, 3.63) is 35.4 Å². The monoisotopic (exact) mass is 272 g/mol. The summed E-state index contributed by atoms with van der Waals surface area (Å²) in [5.74, 6) is 1.37. The number of nitrogens with two attached hydrogens (primary N) is 1. The first kappa shape index (κ1) is 13.6. The minimum absolute atomic E-state index is 0.0608. The van der Waals surface area contributed by atoms with Crippen LogP contribution in [-0.4, -0.2) is 18.5 Å². The molecule has 1 amide bonds. The molecule has 2 bridgehead atoms. The first-order valence-corrected chi connectivity index (χ1v) is 7.74. The molecule has 2 aliphatic rings. The number of aryl methyl sites for hydroxylation is 1. The van der Waals surface area contributed by atoms with Crippen LogP contribution < -0.4 is 11.1 Å². The van der Waals surface area contributed by atoms with E-state index in [9.17, 15) is 4.79 Å². The van der Waals surface area contributed by atoms with Crippen LogP contribution in [0.4, 0.5) is 0 Å². The normalized spacial score (nSPS) is 31.5. The van der Waals surface area contributed by atoms with Crippen LogP contribution in [0.15, 0.2) is 24.3 Å². The molecule has 3 heteroatoms. The molecule has 4 unspecified atom stereocenters. The zero-order valence-corrected chi connectivity index (χ0v) is 12.1. The highest BCUT2D eigenvalue weighted by atomic mass is 16.1. The molecule has 0 radical (unpaired) electrons. The first-order chi connectivity index (χ1) is 9.66. The second-order valence-corrected chi connectivity index (χ2v) is 6.40. The van der Waals surface area contributed by atoms with Crippen molar-refractivity contribution in [3.8, 4) is 0 Å². The summed E-state index contributed by atoms with van der Waals surface area (Å²) in [6, 6.07) is 8.43. The molecule has 3 N–H and O–H groups in total. The van der Waals surface area contributed by atoms with E-state index in [-0.39, 0.29) is 17.9 Å². The summed E-state index contributed by atoms with van der Waals surface area (Å²) in [6.07, 6.45) is 4.47. The Kier molecular flexibility index (Phi) is 3.79. The van der Waals surface area contributed by atoms with Gasteiger partial charge < -0.3 is 11.1 Å². The van der Waals surface area contributed by atoms with E-state index in [4.69, 9.17) is 5.73 Å². The molecular formula is C17H24N2O. The minimum Gasteiger partial charge on any atom is -0.355 e. The number of amides is 1. The van der Waals surface area contributed by atoms with Gasteiger partial charge in [0.2, 0.25) is 5.91 Å². The van der Waals surface area contributed by atoms with Gasteiger partial charge in [0.15, 0.2) is 0 Å². The van der Waals surface area contributed by atoms with Gasteiger partial charge in [-0.3, -0.25) is 4.79 Å². The lowest BCUT2D eigenvalue weighted by molar-refractivity contribution is -0.127. The number of rotatable bonds is 4. The Hall–Kier alpha value is -1.35. The lowest BCUT2D eigenvalue weighted by atomic mass is 9.84. The van der Waals surface area contributed by atoms with Crippen LogP contribution in [-0.2, 0) is 11.2 Å². The molecule has 0 aromatic heterocycles. The molecule has 20 heavy (non-hydrogen) atoms. The van der Waals surface area contributed by atoms with E-state index in [0.29, 0.717) is 18.4 Å². The summed E-state index contributed by atoms with van der Waals surface area (Å²) in [5.41, 5.74) is 8.81. The van der Waals surface area contributed by atoms with E-state index in [1.54, 1.807) is 0 Å². The number of fused-ring (bicyclic) bond motifs is 2. The van der Waals surface area contributed by atoms with E-state index in [2.05, 4.69) is 30.4 Å². The van der Waals surface area contributed by atoms with Gasteiger partial charge in [-0.15, -0.1) is 0 Å². The van der Waals surface area contributed by atoms with Gasteiger partial charge in [0, 0.05) is 12.6 Å². The summed E-state index contributed by atoms with van der Waals surface area (Å²) in [7, 11) is 0. The topological polar surface area (TPSA) is 55.1 Å². The molecule has 2 aliphatic carbocycles. The van der Waals surface area contributed by atoms with Crippen LogP contribution in [0.25, 0.3) is 0 Å². The highest BCUT2D eigenvalue weighted by molar-refractivity contribution is 5.80. The molecule has 108 valence electrons. The molecule has 3 nitrogen and oxygen atoms in total. The fourth-order valence-electron chi connectivity index (χ4n) is 4.05. The largest absolute Gasteiger partial charge is 0.355 e. The Morgan fingerprint density at radius 1 is 1.30 bits per heavy atom. The average Bonchev–Trinajstić information content (AvgIpc) is 3.01. The zero-order valence-electron chi connectivity index (χ0n) is 12.1. The molecule has 0 heterocycles. The third kappa shape index (κ3) is 2.47. The molecule has 1 aromatic carbocycles. The molecule has 3 rings (SSSR count). The van der Waals surface area contributed by atoms with E-state index in [0.717, 1.165) is 12.8 Å². The van der Waals surface area contributed by atoms with Gasteiger partial charge in [-0.2, -0.15) is 0 Å². The second kappa shape index (κ2) is 5.57. The van der Waals surface area contributed by atoms with Crippen molar-refractivity contribution in [3.63, 3.8) is 0 Å². The van der Waals surface area contributed by atoms with Gasteiger partial charge >= 0.3 is 0 Å². The van der Waals surface area contributed by atoms with E-state index in [1.807, 2.05) is 6.07 Å². The summed E-state index contributed by atoms with van der Waals surface area (Å²) >= 11 is 0. The third-order valence-electron chi connectivity index (χ3n) is 5.24. The van der Waals surface area contributed by atoms with Gasteiger partial charge in [-0.05, 0) is 55.6 Å². The predicted octanol–water partition coefficient (Wildman–Crippen LogP) is 2.03. The lowest BCUT2D eigenvalue weighted by Gasteiger charge is -2.27. The van der Waals surface area contributed by atoms with Crippen LogP contribution >= 0.6 is 0 Å². The minimum atomic E-state index is 0.0608. The van der Waals surface area contributed by atoms with Crippen LogP contribution in [0.5, 0.6) is 0 Å². The van der Waals surface area contributed by atoms with Gasteiger partial charge in [-0.1, -0.05) is 24.3 Å². The molecule has 2 fully saturated rings. The number of benzene rings is 1. The van der Waals surface area contributed by atoms with Crippen LogP contribution in [0, 0.1) is 24.7 Å². The van der Waals surface area contributed by atoms with Crippen molar-refractivity contribution in [1.82, 2.24) is 5.32 Å². The standard InChI is InChI=1S/C17H24N2O/c1-11-4-2-3-5-12(11)8-9-19-17(20)15-13-6-7-14(10-13)16(15)18/h2-5,13-16H,6-10,18H2,1H3,(H,19,20). The fourth-order valence-corrected chi connectivity index (χ4v) is 4.05. The summed E-state index contributed by atoms with van der Waals surface area (Å²) in [5, 5.41) is 3.10. The second-order valence-electron chi connectivity index (χ2n) is 6.40. The first-order valence-electron chi connectivity index (χ1n) is 7.74. The summed E-state index contributed by atoms with van der Waals surface area (Å²) < 4.78 is 0. The van der Waals surface area contributed by atoms with E-state index < -0.39 is 0 Å². The smallest absolute Gasteiger partial charge is 0.224 e. The van der Waals surface area contributed by atoms with Crippen molar-refractivity contribution >= 4 is 5.91 Å². The third-order valence-corrected chi connectivity index (χ3v) is 5.24. The Morgan fingerprint density at radius 3 is 2.75 bits per heavy atom. The molecular weight excluding hydrogens is 248 g/mol. The highest BCUT2D eigenvalue weighted by Gasteiger charge is 2.48. The summed E-state index contributed by atoms with van der Waals surface area (Å²) in [6.45, 7) is 2.83. The zero-order chi connectivity index (χ0) is 14.1. The van der Waals surface area contributed by atoms with Crippen molar-refractivity contribution in [1.29, 1.82) is 0 Å². The number of carbonyl (C=O) groups excluding carboxylic acids is 1. The maximum Gasteiger partial charge on any atom is 0.224 e. The predicted molar refractivity (Wildman–Crippen MR) is 80.2 cm³/mol. The van der Waals surface area contributed by atoms with Gasteiger partial charge in [-0.25, -0.2) is 0 Å². The van der Waals surface area contributed by atoms with Gasteiger partial charge in [0.1, 0.15) is 0 Å². The van der Waals surface area contributed by atoms with E-state index >= 15 is 0 Å². The maximum absolute atomic E-state index is 12.3. The summed E-state index contributed by atoms with van der Waals surface area (Å²) in [4.78, 5) is 12.3. The molecule has 2 saturated carbocycles. The SMILES string of the molecule is Cc1ccccc1CCNC(=O)C1C2CCC(C2)C1N. The molecule has 0 spiro atoms. The van der Waals surface area contributed by atoms with Gasteiger partial charge in [0.25, 0.3) is 0 Å². The van der Waals surface area contributed by atoms with Crippen LogP contribution in [0.1, 0.15) is 30.4 Å². The molecule has 0 aliphatic heterocycles. The molecule has 0 saturated heterocycles. The van der Waals surface area contributed by atoms with Crippen molar-refractivity contribution in [2.75, 3.05) is 6.54 Å². The Labute approximate surface area is 120 Å². The van der Waals surface area contributed by atoms with Crippen LogP contribution in [0.2, 0.25) is 0 Å². The number of carbonyl (C=O) groups is 1. The highest BCUT2D eigenvalue weighted by Crippen LogP contribution is 2.47. The van der Waals surface area contributed by atoms with Crippen molar-refractivity contribution < 1.29 is 4.79 Å². The van der Waals surface area contributed by atoms with E-state index in [1.165, 1.54) is 24.0 Å². The Bertz CT molecular complexity index is 498. The van der Waals surface area contributed by atoms with Crippen LogP contribution in [0.3, 0.4) is 0 Å². The Morgan fingerprint density at radius 2 is 2.05 bits per heavy atom. The number of nitrogens with one attached hydrogen (secondary N) is 1. The fraction of sp³-hybridized carbons (Fsp3) is 0.588. The Balaban J connectivity index is 1.52. The maximum atomic E-state index is 12.3.